The summed E-state index contributed by atoms with van der Waals surface area (Å²) in [7, 11) is 0. The van der Waals surface area contributed by atoms with Gasteiger partial charge in [-0.1, -0.05) is 24.3 Å². The van der Waals surface area contributed by atoms with Gasteiger partial charge in [-0.25, -0.2) is 4.39 Å². The van der Waals surface area contributed by atoms with Crippen LogP contribution in [0.15, 0.2) is 48.5 Å². The SMILES string of the molecule is CCOc1ccc(C(Cl)c2ccc(F)cc2)cc1. The number of benzene rings is 2. The summed E-state index contributed by atoms with van der Waals surface area (Å²) < 4.78 is 18.2. The quantitative estimate of drug-likeness (QED) is 0.736. The van der Waals surface area contributed by atoms with E-state index in [2.05, 4.69) is 0 Å². The molecule has 3 heteroatoms. The van der Waals surface area contributed by atoms with Gasteiger partial charge in [0.1, 0.15) is 11.6 Å². The molecule has 0 saturated heterocycles. The Morgan fingerprint density at radius 1 is 1.00 bits per heavy atom. The molecule has 2 rings (SSSR count). The Hall–Kier alpha value is -1.54. The summed E-state index contributed by atoms with van der Waals surface area (Å²) in [4.78, 5) is 0. The topological polar surface area (TPSA) is 9.23 Å². The van der Waals surface area contributed by atoms with E-state index in [1.54, 1.807) is 12.1 Å². The van der Waals surface area contributed by atoms with Gasteiger partial charge in [-0.15, -0.1) is 11.6 Å². The molecule has 0 spiro atoms. The number of rotatable bonds is 4. The molecule has 0 saturated carbocycles. The molecule has 94 valence electrons. The van der Waals surface area contributed by atoms with Crippen LogP contribution in [0.5, 0.6) is 5.75 Å². The van der Waals surface area contributed by atoms with E-state index < -0.39 is 0 Å². The Morgan fingerprint density at radius 3 is 2.00 bits per heavy atom. The largest absolute Gasteiger partial charge is 0.494 e. The van der Waals surface area contributed by atoms with Crippen molar-refractivity contribution in [3.63, 3.8) is 0 Å². The standard InChI is InChI=1S/C15H14ClFO/c1-2-18-14-9-5-12(6-10-14)15(16)11-3-7-13(17)8-4-11/h3-10,15H,2H2,1H3. The smallest absolute Gasteiger partial charge is 0.123 e. The number of halogens is 2. The third kappa shape index (κ3) is 3.02. The molecule has 0 aromatic heterocycles. The van der Waals surface area contributed by atoms with Crippen molar-refractivity contribution < 1.29 is 9.13 Å². The number of ether oxygens (including phenoxy) is 1. The average molecular weight is 265 g/mol. The lowest BCUT2D eigenvalue weighted by Crippen LogP contribution is -1.95. The lowest BCUT2D eigenvalue weighted by Gasteiger charge is -2.11. The van der Waals surface area contributed by atoms with Gasteiger partial charge in [-0.2, -0.15) is 0 Å². The van der Waals surface area contributed by atoms with Crippen LogP contribution >= 0.6 is 11.6 Å². The molecule has 0 fully saturated rings. The zero-order valence-electron chi connectivity index (χ0n) is 10.1. The third-order valence-electron chi connectivity index (χ3n) is 2.65. The summed E-state index contributed by atoms with van der Waals surface area (Å²) in [5, 5.41) is -0.277. The Labute approximate surface area is 111 Å². The van der Waals surface area contributed by atoms with Crippen molar-refractivity contribution in [2.75, 3.05) is 6.61 Å². The van der Waals surface area contributed by atoms with Crippen LogP contribution in [-0.2, 0) is 0 Å². The first-order valence-corrected chi connectivity index (χ1v) is 6.26. The molecule has 1 unspecified atom stereocenters. The lowest BCUT2D eigenvalue weighted by molar-refractivity contribution is 0.340. The van der Waals surface area contributed by atoms with Crippen LogP contribution in [0, 0.1) is 5.82 Å². The first-order chi connectivity index (χ1) is 8.70. The van der Waals surface area contributed by atoms with Crippen molar-refractivity contribution in [1.82, 2.24) is 0 Å². The maximum atomic E-state index is 12.8. The Balaban J connectivity index is 2.17. The molecule has 1 nitrogen and oxygen atoms in total. The van der Waals surface area contributed by atoms with E-state index in [0.29, 0.717) is 6.61 Å². The first-order valence-electron chi connectivity index (χ1n) is 5.83. The van der Waals surface area contributed by atoms with Crippen LogP contribution in [0.1, 0.15) is 23.4 Å². The minimum atomic E-state index is -0.277. The normalized spacial score (nSPS) is 12.2. The highest BCUT2D eigenvalue weighted by Gasteiger charge is 2.10. The second kappa shape index (κ2) is 5.87. The van der Waals surface area contributed by atoms with Crippen molar-refractivity contribution in [1.29, 1.82) is 0 Å². The zero-order valence-corrected chi connectivity index (χ0v) is 10.8. The average Bonchev–Trinajstić information content (AvgIpc) is 2.40. The van der Waals surface area contributed by atoms with Gasteiger partial charge in [0.25, 0.3) is 0 Å². The van der Waals surface area contributed by atoms with Crippen molar-refractivity contribution in [3.8, 4) is 5.75 Å². The van der Waals surface area contributed by atoms with Gasteiger partial charge in [0.15, 0.2) is 0 Å². The zero-order chi connectivity index (χ0) is 13.0. The van der Waals surface area contributed by atoms with Gasteiger partial charge in [0.2, 0.25) is 0 Å². The molecule has 0 aliphatic heterocycles. The molecule has 0 heterocycles. The van der Waals surface area contributed by atoms with Crippen LogP contribution in [0.4, 0.5) is 4.39 Å². The molecule has 0 radical (unpaired) electrons. The Morgan fingerprint density at radius 2 is 1.50 bits per heavy atom. The Bertz CT molecular complexity index is 493. The minimum absolute atomic E-state index is 0.255. The highest BCUT2D eigenvalue weighted by Crippen LogP contribution is 2.29. The molecular weight excluding hydrogens is 251 g/mol. The van der Waals surface area contributed by atoms with E-state index in [1.165, 1.54) is 12.1 Å². The summed E-state index contributed by atoms with van der Waals surface area (Å²) in [6, 6.07) is 13.8. The van der Waals surface area contributed by atoms with E-state index in [0.717, 1.165) is 16.9 Å². The van der Waals surface area contributed by atoms with Crippen LogP contribution < -0.4 is 4.74 Å². The van der Waals surface area contributed by atoms with Gasteiger partial charge >= 0.3 is 0 Å². The number of hydrogen-bond donors (Lipinski definition) is 0. The summed E-state index contributed by atoms with van der Waals surface area (Å²) in [5.41, 5.74) is 1.84. The maximum Gasteiger partial charge on any atom is 0.123 e. The fourth-order valence-electron chi connectivity index (χ4n) is 1.72. The summed E-state index contributed by atoms with van der Waals surface area (Å²) in [6.07, 6.45) is 0. The van der Waals surface area contributed by atoms with E-state index >= 15 is 0 Å². The van der Waals surface area contributed by atoms with Gasteiger partial charge in [-0.3, -0.25) is 0 Å². The van der Waals surface area contributed by atoms with Gasteiger partial charge in [0.05, 0.1) is 12.0 Å². The lowest BCUT2D eigenvalue weighted by atomic mass is 10.0. The summed E-state index contributed by atoms with van der Waals surface area (Å²) >= 11 is 6.35. The fourth-order valence-corrected chi connectivity index (χ4v) is 2.01. The molecule has 0 amide bonds. The predicted octanol–water partition coefficient (Wildman–Crippen LogP) is 4.55. The van der Waals surface area contributed by atoms with Crippen LogP contribution in [0.25, 0.3) is 0 Å². The molecular formula is C15H14ClFO. The number of hydrogen-bond acceptors (Lipinski definition) is 1. The molecule has 1 atom stereocenters. The fraction of sp³-hybridized carbons (Fsp3) is 0.200. The second-order valence-corrected chi connectivity index (χ2v) is 4.35. The predicted molar refractivity (Wildman–Crippen MR) is 71.7 cm³/mol. The molecule has 18 heavy (non-hydrogen) atoms. The minimum Gasteiger partial charge on any atom is -0.494 e. The van der Waals surface area contributed by atoms with Gasteiger partial charge in [-0.05, 0) is 42.3 Å². The summed E-state index contributed by atoms with van der Waals surface area (Å²) in [5.74, 6) is 0.568. The molecule has 0 N–H and O–H groups in total. The molecule has 2 aromatic carbocycles. The summed E-state index contributed by atoms with van der Waals surface area (Å²) in [6.45, 7) is 2.58. The molecule has 0 aliphatic carbocycles. The van der Waals surface area contributed by atoms with E-state index in [1.807, 2.05) is 31.2 Å². The monoisotopic (exact) mass is 264 g/mol. The number of alkyl halides is 1. The maximum absolute atomic E-state index is 12.8. The molecule has 2 aromatic rings. The van der Waals surface area contributed by atoms with Crippen LogP contribution in [0.3, 0.4) is 0 Å². The van der Waals surface area contributed by atoms with Gasteiger partial charge in [0, 0.05) is 0 Å². The first kappa shape index (κ1) is 12.9. The second-order valence-electron chi connectivity index (χ2n) is 3.92. The molecule has 0 bridgehead atoms. The Kier molecular flexibility index (Phi) is 4.21. The van der Waals surface area contributed by atoms with Gasteiger partial charge < -0.3 is 4.74 Å². The van der Waals surface area contributed by atoms with Crippen LogP contribution in [-0.4, -0.2) is 6.61 Å². The van der Waals surface area contributed by atoms with E-state index in [4.69, 9.17) is 16.3 Å². The van der Waals surface area contributed by atoms with Crippen molar-refractivity contribution in [2.45, 2.75) is 12.3 Å². The van der Waals surface area contributed by atoms with Crippen LogP contribution in [0.2, 0.25) is 0 Å². The van der Waals surface area contributed by atoms with Crippen molar-refractivity contribution in [3.05, 3.63) is 65.5 Å². The van der Waals surface area contributed by atoms with Crippen molar-refractivity contribution >= 4 is 11.6 Å². The highest BCUT2D eigenvalue weighted by molar-refractivity contribution is 6.22. The van der Waals surface area contributed by atoms with E-state index in [-0.39, 0.29) is 11.2 Å². The van der Waals surface area contributed by atoms with E-state index in [9.17, 15) is 4.39 Å². The highest BCUT2D eigenvalue weighted by atomic mass is 35.5. The van der Waals surface area contributed by atoms with Crippen molar-refractivity contribution in [2.24, 2.45) is 0 Å². The third-order valence-corrected chi connectivity index (χ3v) is 3.15. The molecule has 0 aliphatic rings.